The molecule has 134 valence electrons. The van der Waals surface area contributed by atoms with E-state index in [2.05, 4.69) is 10.5 Å². The molecule has 0 spiro atoms. The summed E-state index contributed by atoms with van der Waals surface area (Å²) < 4.78 is 10.5. The highest BCUT2D eigenvalue weighted by molar-refractivity contribution is 8.01. The van der Waals surface area contributed by atoms with Crippen LogP contribution in [0.15, 0.2) is 10.6 Å². The third-order valence-corrected chi connectivity index (χ3v) is 5.17. The summed E-state index contributed by atoms with van der Waals surface area (Å²) in [6.07, 6.45) is 7.94. The van der Waals surface area contributed by atoms with Crippen LogP contribution < -0.4 is 5.32 Å². The molecule has 1 aromatic rings. The molecule has 1 aromatic heterocycles. The fourth-order valence-electron chi connectivity index (χ4n) is 2.68. The maximum atomic E-state index is 12.0. The molecule has 1 atom stereocenters. The van der Waals surface area contributed by atoms with E-state index in [0.717, 1.165) is 25.7 Å². The first kappa shape index (κ1) is 18.8. The predicted octanol–water partition coefficient (Wildman–Crippen LogP) is 3.70. The number of esters is 1. The Hall–Kier alpha value is -1.50. The van der Waals surface area contributed by atoms with Crippen LogP contribution >= 0.6 is 11.8 Å². The zero-order valence-electron chi connectivity index (χ0n) is 14.4. The molecule has 1 fully saturated rings. The minimum Gasteiger partial charge on any atom is -0.462 e. The van der Waals surface area contributed by atoms with Gasteiger partial charge in [-0.15, -0.1) is 11.8 Å². The number of carbonyl (C=O) groups is 2. The summed E-state index contributed by atoms with van der Waals surface area (Å²) >= 11 is 1.27. The van der Waals surface area contributed by atoms with Gasteiger partial charge in [-0.05, 0) is 39.5 Å². The molecule has 0 radical (unpaired) electrons. The normalized spacial score (nSPS) is 17.6. The third kappa shape index (κ3) is 6.55. The Bertz CT molecular complexity index is 538. The molecule has 1 saturated carbocycles. The van der Waals surface area contributed by atoms with Crippen LogP contribution in [0.25, 0.3) is 0 Å². The van der Waals surface area contributed by atoms with E-state index < -0.39 is 0 Å². The molecule has 0 aromatic carbocycles. The van der Waals surface area contributed by atoms with Crippen LogP contribution in [0.1, 0.15) is 57.6 Å². The lowest BCUT2D eigenvalue weighted by atomic mass is 9.99. The summed E-state index contributed by atoms with van der Waals surface area (Å²) in [5, 5.41) is 6.02. The number of anilines is 1. The van der Waals surface area contributed by atoms with Gasteiger partial charge in [0.15, 0.2) is 5.82 Å². The minimum absolute atomic E-state index is 0.0423. The van der Waals surface area contributed by atoms with Gasteiger partial charge < -0.3 is 14.6 Å². The molecule has 0 unspecified atom stereocenters. The fourth-order valence-corrected chi connectivity index (χ4v) is 3.34. The van der Waals surface area contributed by atoms with Crippen molar-refractivity contribution in [1.82, 2.24) is 5.16 Å². The Kier molecular flexibility index (Phi) is 7.62. The number of nitrogens with one attached hydrogen (secondary N) is 1. The van der Waals surface area contributed by atoms with E-state index in [1.165, 1.54) is 31.0 Å². The van der Waals surface area contributed by atoms with Crippen LogP contribution in [0.5, 0.6) is 0 Å². The van der Waals surface area contributed by atoms with Crippen molar-refractivity contribution < 1.29 is 18.8 Å². The molecular formula is C17H26N2O4S. The summed E-state index contributed by atoms with van der Waals surface area (Å²) in [6, 6.07) is 1.65. The van der Waals surface area contributed by atoms with Gasteiger partial charge in [0.05, 0.1) is 11.0 Å². The number of aryl methyl sites for hydroxylation is 1. The second kappa shape index (κ2) is 9.71. The smallest absolute Gasteiger partial charge is 0.316 e. The Balaban J connectivity index is 1.68. The number of thioether (sulfide) groups is 1. The van der Waals surface area contributed by atoms with Crippen LogP contribution in [0, 0.1) is 6.92 Å². The number of rotatable bonds is 6. The molecule has 2 rings (SSSR count). The van der Waals surface area contributed by atoms with Crippen molar-refractivity contribution in [2.24, 2.45) is 0 Å². The van der Waals surface area contributed by atoms with Gasteiger partial charge in [-0.25, -0.2) is 0 Å². The number of nitrogens with zero attached hydrogens (tertiary/aromatic N) is 1. The SMILES string of the molecule is Cc1cc(NC(=O)[C@H](C)SCC(=O)OC2CCCCCCC2)no1. The second-order valence-corrected chi connectivity index (χ2v) is 7.55. The number of aromatic nitrogens is 1. The first-order valence-corrected chi connectivity index (χ1v) is 9.64. The number of carbonyl (C=O) groups excluding carboxylic acids is 2. The van der Waals surface area contributed by atoms with E-state index in [4.69, 9.17) is 9.26 Å². The standard InChI is InChI=1S/C17H26N2O4S/c1-12-10-15(19-23-12)18-17(21)13(2)24-11-16(20)22-14-8-6-4-3-5-7-9-14/h10,13-14H,3-9,11H2,1-2H3,(H,18,19,21)/t13-/m0/s1. The lowest BCUT2D eigenvalue weighted by Crippen LogP contribution is -2.25. The van der Waals surface area contributed by atoms with Crippen LogP contribution in [0.3, 0.4) is 0 Å². The van der Waals surface area contributed by atoms with E-state index in [1.54, 1.807) is 19.9 Å². The highest BCUT2D eigenvalue weighted by atomic mass is 32.2. The molecule has 0 bridgehead atoms. The molecule has 1 aliphatic rings. The molecule has 1 N–H and O–H groups in total. The van der Waals surface area contributed by atoms with Crippen LogP contribution in [0.4, 0.5) is 5.82 Å². The monoisotopic (exact) mass is 354 g/mol. The molecule has 1 aliphatic carbocycles. The summed E-state index contributed by atoms with van der Waals surface area (Å²) in [6.45, 7) is 3.52. The number of hydrogen-bond donors (Lipinski definition) is 1. The number of amides is 1. The molecule has 1 amide bonds. The molecule has 6 nitrogen and oxygen atoms in total. The van der Waals surface area contributed by atoms with Gasteiger partial charge in [-0.1, -0.05) is 24.4 Å². The lowest BCUT2D eigenvalue weighted by molar-refractivity contribution is -0.146. The van der Waals surface area contributed by atoms with Crippen molar-refractivity contribution in [2.75, 3.05) is 11.1 Å². The Morgan fingerprint density at radius 3 is 2.62 bits per heavy atom. The van der Waals surface area contributed by atoms with E-state index >= 15 is 0 Å². The van der Waals surface area contributed by atoms with Gasteiger partial charge in [0, 0.05) is 6.07 Å². The Labute approximate surface area is 147 Å². The first-order valence-electron chi connectivity index (χ1n) is 8.60. The van der Waals surface area contributed by atoms with Crippen molar-refractivity contribution >= 4 is 29.5 Å². The summed E-state index contributed by atoms with van der Waals surface area (Å²) in [7, 11) is 0. The van der Waals surface area contributed by atoms with E-state index in [9.17, 15) is 9.59 Å². The predicted molar refractivity (Wildman–Crippen MR) is 94.0 cm³/mol. The van der Waals surface area contributed by atoms with Crippen LogP contribution in [-0.2, 0) is 14.3 Å². The molecule has 0 saturated heterocycles. The molecule has 24 heavy (non-hydrogen) atoms. The van der Waals surface area contributed by atoms with Gasteiger partial charge in [0.2, 0.25) is 5.91 Å². The molecule has 7 heteroatoms. The maximum Gasteiger partial charge on any atom is 0.316 e. The van der Waals surface area contributed by atoms with Gasteiger partial charge in [-0.3, -0.25) is 9.59 Å². The zero-order chi connectivity index (χ0) is 17.4. The number of ether oxygens (including phenoxy) is 1. The average molecular weight is 354 g/mol. The first-order chi connectivity index (χ1) is 11.5. The summed E-state index contributed by atoms with van der Waals surface area (Å²) in [5.41, 5.74) is 0. The highest BCUT2D eigenvalue weighted by Gasteiger charge is 2.20. The topological polar surface area (TPSA) is 81.4 Å². The van der Waals surface area contributed by atoms with Gasteiger partial charge in [0.1, 0.15) is 11.9 Å². The van der Waals surface area contributed by atoms with Crippen molar-refractivity contribution in [2.45, 2.75) is 70.1 Å². The average Bonchev–Trinajstić information content (AvgIpc) is 2.92. The van der Waals surface area contributed by atoms with Crippen molar-refractivity contribution in [3.05, 3.63) is 11.8 Å². The molecule has 1 heterocycles. The highest BCUT2D eigenvalue weighted by Crippen LogP contribution is 2.21. The minimum atomic E-state index is -0.369. The lowest BCUT2D eigenvalue weighted by Gasteiger charge is -2.20. The zero-order valence-corrected chi connectivity index (χ0v) is 15.2. The van der Waals surface area contributed by atoms with E-state index in [-0.39, 0.29) is 29.0 Å². The van der Waals surface area contributed by atoms with Crippen molar-refractivity contribution in [3.63, 3.8) is 0 Å². The Morgan fingerprint density at radius 2 is 2.00 bits per heavy atom. The summed E-state index contributed by atoms with van der Waals surface area (Å²) in [4.78, 5) is 24.0. The maximum absolute atomic E-state index is 12.0. The van der Waals surface area contributed by atoms with Crippen LogP contribution in [0.2, 0.25) is 0 Å². The van der Waals surface area contributed by atoms with Gasteiger partial charge in [0.25, 0.3) is 0 Å². The fraction of sp³-hybridized carbons (Fsp3) is 0.706. The van der Waals surface area contributed by atoms with E-state index in [1.807, 2.05) is 0 Å². The van der Waals surface area contributed by atoms with E-state index in [0.29, 0.717) is 11.6 Å². The number of hydrogen-bond acceptors (Lipinski definition) is 6. The Morgan fingerprint density at radius 1 is 1.33 bits per heavy atom. The van der Waals surface area contributed by atoms with Gasteiger partial charge >= 0.3 is 5.97 Å². The quantitative estimate of drug-likeness (QED) is 0.785. The molecular weight excluding hydrogens is 328 g/mol. The largest absolute Gasteiger partial charge is 0.462 e. The summed E-state index contributed by atoms with van der Waals surface area (Å²) in [5.74, 6) is 0.771. The van der Waals surface area contributed by atoms with Crippen LogP contribution in [-0.4, -0.2) is 34.1 Å². The second-order valence-electron chi connectivity index (χ2n) is 6.22. The molecule has 0 aliphatic heterocycles. The van der Waals surface area contributed by atoms with Crippen molar-refractivity contribution in [3.8, 4) is 0 Å². The third-order valence-electron chi connectivity index (χ3n) is 4.05. The van der Waals surface area contributed by atoms with Gasteiger partial charge in [-0.2, -0.15) is 0 Å². The van der Waals surface area contributed by atoms with Crippen molar-refractivity contribution in [1.29, 1.82) is 0 Å².